The van der Waals surface area contributed by atoms with Crippen LogP contribution >= 0.6 is 12.2 Å². The van der Waals surface area contributed by atoms with Crippen LogP contribution in [0.1, 0.15) is 13.8 Å². The lowest BCUT2D eigenvalue weighted by Gasteiger charge is -2.42. The number of hydrogen-bond donors (Lipinski definition) is 1. The number of aromatic nitrogens is 2. The zero-order chi connectivity index (χ0) is 12.2. The van der Waals surface area contributed by atoms with Crippen LogP contribution in [0.5, 0.6) is 0 Å². The predicted octanol–water partition coefficient (Wildman–Crippen LogP) is 2.26. The summed E-state index contributed by atoms with van der Waals surface area (Å²) in [4.78, 5) is 6.62. The van der Waals surface area contributed by atoms with Crippen molar-refractivity contribution in [2.24, 2.45) is 0 Å². The summed E-state index contributed by atoms with van der Waals surface area (Å²) >= 11 is 5.52. The zero-order valence-corrected chi connectivity index (χ0v) is 10.9. The second kappa shape index (κ2) is 3.20. The average Bonchev–Trinajstić information content (AvgIpc) is 2.63. The number of fused-ring (bicyclic) bond motifs is 3. The van der Waals surface area contributed by atoms with Crippen LogP contribution in [0.4, 0.5) is 5.95 Å². The summed E-state index contributed by atoms with van der Waals surface area (Å²) in [5.41, 5.74) is 1.79. The molecule has 1 aliphatic rings. The van der Waals surface area contributed by atoms with Crippen molar-refractivity contribution >= 4 is 34.3 Å². The minimum Gasteiger partial charge on any atom is -0.333 e. The van der Waals surface area contributed by atoms with E-state index in [0.717, 1.165) is 22.1 Å². The molecule has 5 heteroatoms. The summed E-state index contributed by atoms with van der Waals surface area (Å²) in [5, 5.41) is 4.17. The van der Waals surface area contributed by atoms with Gasteiger partial charge in [0.05, 0.1) is 11.0 Å². The van der Waals surface area contributed by atoms with Gasteiger partial charge >= 0.3 is 0 Å². The quantitative estimate of drug-likeness (QED) is 0.723. The highest BCUT2D eigenvalue weighted by atomic mass is 32.1. The largest absolute Gasteiger partial charge is 0.333 e. The number of nitrogens with zero attached hydrogens (tertiary/aromatic N) is 3. The molecule has 3 rings (SSSR count). The first-order valence-electron chi connectivity index (χ1n) is 5.54. The van der Waals surface area contributed by atoms with Gasteiger partial charge in [0, 0.05) is 7.05 Å². The Morgan fingerprint density at radius 2 is 2.00 bits per heavy atom. The van der Waals surface area contributed by atoms with E-state index in [9.17, 15) is 0 Å². The average molecular weight is 246 g/mol. The van der Waals surface area contributed by atoms with Gasteiger partial charge in [0.1, 0.15) is 5.66 Å². The van der Waals surface area contributed by atoms with Crippen molar-refractivity contribution in [2.75, 3.05) is 12.4 Å². The number of benzene rings is 1. The Morgan fingerprint density at radius 3 is 2.76 bits per heavy atom. The van der Waals surface area contributed by atoms with E-state index in [-0.39, 0.29) is 5.66 Å². The second-order valence-electron chi connectivity index (χ2n) is 4.79. The summed E-state index contributed by atoms with van der Waals surface area (Å²) in [6.07, 6.45) is 0. The third-order valence-electron chi connectivity index (χ3n) is 3.30. The summed E-state index contributed by atoms with van der Waals surface area (Å²) in [6, 6.07) is 8.02. The summed E-state index contributed by atoms with van der Waals surface area (Å²) in [6.45, 7) is 4.17. The third-order valence-corrected chi connectivity index (χ3v) is 3.75. The van der Waals surface area contributed by atoms with Crippen LogP contribution in [0.2, 0.25) is 0 Å². The SMILES string of the molecule is CN1C(=S)n2c(nc3ccccc32)NC1(C)C. The van der Waals surface area contributed by atoms with Crippen LogP contribution < -0.4 is 5.32 Å². The van der Waals surface area contributed by atoms with E-state index in [1.54, 1.807) is 0 Å². The lowest BCUT2D eigenvalue weighted by atomic mass is 10.2. The summed E-state index contributed by atoms with van der Waals surface area (Å²) in [7, 11) is 1.99. The fourth-order valence-corrected chi connectivity index (χ4v) is 2.46. The number of nitrogens with one attached hydrogen (secondary N) is 1. The smallest absolute Gasteiger partial charge is 0.212 e. The first-order valence-corrected chi connectivity index (χ1v) is 5.95. The maximum Gasteiger partial charge on any atom is 0.212 e. The van der Waals surface area contributed by atoms with Crippen LogP contribution in [-0.4, -0.2) is 32.3 Å². The molecule has 0 unspecified atom stereocenters. The molecule has 2 heterocycles. The highest BCUT2D eigenvalue weighted by Crippen LogP contribution is 2.29. The van der Waals surface area contributed by atoms with Gasteiger partial charge in [-0.05, 0) is 38.2 Å². The molecule has 0 saturated carbocycles. The maximum atomic E-state index is 5.52. The first-order chi connectivity index (χ1) is 8.00. The summed E-state index contributed by atoms with van der Waals surface area (Å²) in [5.74, 6) is 0.819. The first kappa shape index (κ1) is 10.5. The molecule has 0 radical (unpaired) electrons. The molecule has 1 aromatic carbocycles. The normalized spacial score (nSPS) is 18.1. The Hall–Kier alpha value is -1.62. The minimum atomic E-state index is -0.214. The number of thiocarbonyl (C=S) groups is 1. The molecule has 0 saturated heterocycles. The van der Waals surface area contributed by atoms with Gasteiger partial charge in [0.15, 0.2) is 5.11 Å². The molecule has 0 bridgehead atoms. The van der Waals surface area contributed by atoms with E-state index < -0.39 is 0 Å². The van der Waals surface area contributed by atoms with Crippen LogP contribution in [0.25, 0.3) is 11.0 Å². The number of hydrogen-bond acceptors (Lipinski definition) is 3. The van der Waals surface area contributed by atoms with Gasteiger partial charge in [-0.1, -0.05) is 12.1 Å². The van der Waals surface area contributed by atoms with Crippen LogP contribution in [0, 0.1) is 0 Å². The summed E-state index contributed by atoms with van der Waals surface area (Å²) < 4.78 is 1.98. The molecule has 0 aliphatic carbocycles. The Kier molecular flexibility index (Phi) is 1.98. The molecule has 1 aliphatic heterocycles. The lowest BCUT2D eigenvalue weighted by Crippen LogP contribution is -2.56. The molecule has 0 fully saturated rings. The topological polar surface area (TPSA) is 33.1 Å². The van der Waals surface area contributed by atoms with E-state index in [2.05, 4.69) is 24.1 Å². The highest BCUT2D eigenvalue weighted by molar-refractivity contribution is 7.80. The van der Waals surface area contributed by atoms with E-state index in [0.29, 0.717) is 0 Å². The molecule has 0 spiro atoms. The molecule has 0 amide bonds. The molecular weight excluding hydrogens is 232 g/mol. The molecule has 88 valence electrons. The minimum absolute atomic E-state index is 0.214. The highest BCUT2D eigenvalue weighted by Gasteiger charge is 2.34. The monoisotopic (exact) mass is 246 g/mol. The molecular formula is C12H14N4S. The molecule has 1 N–H and O–H groups in total. The second-order valence-corrected chi connectivity index (χ2v) is 5.15. The molecule has 17 heavy (non-hydrogen) atoms. The van der Waals surface area contributed by atoms with Crippen molar-refractivity contribution in [3.05, 3.63) is 24.3 Å². The van der Waals surface area contributed by atoms with Crippen LogP contribution in [0.15, 0.2) is 24.3 Å². The number of para-hydroxylation sites is 2. The fourth-order valence-electron chi connectivity index (χ4n) is 2.05. The molecule has 2 aromatic rings. The Balaban J connectivity index is 2.30. The lowest BCUT2D eigenvalue weighted by molar-refractivity contribution is 0.279. The Bertz CT molecular complexity index is 614. The van der Waals surface area contributed by atoms with Gasteiger partial charge in [-0.3, -0.25) is 4.57 Å². The Labute approximate surface area is 105 Å². The number of imidazole rings is 1. The molecule has 0 atom stereocenters. The van der Waals surface area contributed by atoms with E-state index in [1.807, 2.05) is 40.8 Å². The van der Waals surface area contributed by atoms with Gasteiger partial charge in [-0.2, -0.15) is 0 Å². The standard InChI is InChI=1S/C12H14N4S/c1-12(2)14-10-13-8-6-4-5-7-9(8)16(10)11(17)15(12)3/h4-7H,1-3H3,(H,13,14). The van der Waals surface area contributed by atoms with E-state index >= 15 is 0 Å². The predicted molar refractivity (Wildman–Crippen MR) is 73.2 cm³/mol. The number of anilines is 1. The van der Waals surface area contributed by atoms with E-state index in [4.69, 9.17) is 12.2 Å². The van der Waals surface area contributed by atoms with Gasteiger partial charge in [-0.25, -0.2) is 4.98 Å². The van der Waals surface area contributed by atoms with Crippen molar-refractivity contribution < 1.29 is 0 Å². The van der Waals surface area contributed by atoms with Crippen molar-refractivity contribution in [3.63, 3.8) is 0 Å². The third kappa shape index (κ3) is 1.35. The van der Waals surface area contributed by atoms with Gasteiger partial charge in [0.25, 0.3) is 0 Å². The van der Waals surface area contributed by atoms with Gasteiger partial charge < -0.3 is 10.2 Å². The Morgan fingerprint density at radius 1 is 1.29 bits per heavy atom. The molecule has 4 nitrogen and oxygen atoms in total. The van der Waals surface area contributed by atoms with Crippen molar-refractivity contribution in [2.45, 2.75) is 19.5 Å². The van der Waals surface area contributed by atoms with Gasteiger partial charge in [0.2, 0.25) is 5.95 Å². The van der Waals surface area contributed by atoms with Crippen LogP contribution in [0.3, 0.4) is 0 Å². The maximum absolute atomic E-state index is 5.52. The van der Waals surface area contributed by atoms with Crippen molar-refractivity contribution in [1.29, 1.82) is 0 Å². The van der Waals surface area contributed by atoms with Gasteiger partial charge in [-0.15, -0.1) is 0 Å². The molecule has 1 aromatic heterocycles. The van der Waals surface area contributed by atoms with Crippen LogP contribution in [-0.2, 0) is 0 Å². The van der Waals surface area contributed by atoms with Crippen molar-refractivity contribution in [1.82, 2.24) is 14.5 Å². The zero-order valence-electron chi connectivity index (χ0n) is 10.1. The van der Waals surface area contributed by atoms with E-state index in [1.165, 1.54) is 0 Å². The van der Waals surface area contributed by atoms with Crippen molar-refractivity contribution in [3.8, 4) is 0 Å². The fraction of sp³-hybridized carbons (Fsp3) is 0.333. The number of rotatable bonds is 0.